The largest absolute Gasteiger partial charge is 0.507 e. The van der Waals surface area contributed by atoms with Gasteiger partial charge in [0.05, 0.1) is 18.5 Å². The normalized spacial score (nSPS) is 15.1. The molecule has 6 N–H and O–H groups in total. The summed E-state index contributed by atoms with van der Waals surface area (Å²) in [4.78, 5) is 47.5. The molecule has 2 aliphatic rings. The van der Waals surface area contributed by atoms with Gasteiger partial charge >= 0.3 is 0 Å². The van der Waals surface area contributed by atoms with Crippen LogP contribution in [0.25, 0.3) is 22.3 Å². The molecule has 12 heteroatoms. The lowest BCUT2D eigenvalue weighted by Gasteiger charge is -2.31. The molecule has 0 fully saturated rings. The van der Waals surface area contributed by atoms with E-state index in [4.69, 9.17) is 0 Å². The smallest absolute Gasteiger partial charge is 0.251 e. The van der Waals surface area contributed by atoms with E-state index in [1.807, 2.05) is 88.4 Å². The second-order valence-corrected chi connectivity index (χ2v) is 19.2. The Kier molecular flexibility index (Phi) is 13.5. The Balaban J connectivity index is 1.01. The molecule has 1 spiro atoms. The van der Waals surface area contributed by atoms with E-state index in [2.05, 4.69) is 54.9 Å². The van der Waals surface area contributed by atoms with Gasteiger partial charge in [0.25, 0.3) is 11.8 Å². The lowest BCUT2D eigenvalue weighted by Crippen LogP contribution is -2.30. The van der Waals surface area contributed by atoms with Gasteiger partial charge in [0.1, 0.15) is 35.1 Å². The van der Waals surface area contributed by atoms with Gasteiger partial charge in [0.15, 0.2) is 0 Å². The van der Waals surface area contributed by atoms with Gasteiger partial charge in [-0.05, 0) is 145 Å². The highest BCUT2D eigenvalue weighted by molar-refractivity contribution is 6.02. The number of hydrogen-bond acceptors (Lipinski definition) is 10. The van der Waals surface area contributed by atoms with E-state index in [9.17, 15) is 30.0 Å². The number of nitrogens with one attached hydrogen (secondary N) is 2. The molecule has 12 nitrogen and oxygen atoms in total. The van der Waals surface area contributed by atoms with Crippen molar-refractivity contribution in [2.24, 2.45) is 20.0 Å². The van der Waals surface area contributed by atoms with Gasteiger partial charge in [-0.1, -0.05) is 107 Å². The first kappa shape index (κ1) is 49.2. The number of aryl methyl sites for hydroxylation is 4. The Morgan fingerprint density at radius 2 is 0.760 bits per heavy atom. The number of fused-ring (bicyclic) bond motifs is 10. The number of phenols is 4. The number of rotatable bonds is 14. The van der Waals surface area contributed by atoms with Crippen LogP contribution >= 0.6 is 0 Å². The second-order valence-electron chi connectivity index (χ2n) is 19.2. The first-order valence-corrected chi connectivity index (χ1v) is 24.6. The first-order chi connectivity index (χ1) is 36.3. The summed E-state index contributed by atoms with van der Waals surface area (Å²) in [5, 5.41) is 48.6. The molecule has 10 rings (SSSR count). The van der Waals surface area contributed by atoms with Crippen molar-refractivity contribution in [3.05, 3.63) is 224 Å². The number of benzene rings is 8. The first-order valence-electron chi connectivity index (χ1n) is 24.6. The van der Waals surface area contributed by atoms with E-state index in [-0.39, 0.29) is 36.1 Å². The molecular formula is C63H54N6O6. The number of carbonyl (C=O) groups is 2. The van der Waals surface area contributed by atoms with Crippen molar-refractivity contribution < 1.29 is 30.0 Å². The van der Waals surface area contributed by atoms with Gasteiger partial charge in [-0.2, -0.15) is 0 Å². The van der Waals surface area contributed by atoms with Crippen LogP contribution in [-0.2, 0) is 15.0 Å². The van der Waals surface area contributed by atoms with Crippen LogP contribution in [0.1, 0.15) is 66.8 Å². The van der Waals surface area contributed by atoms with Crippen LogP contribution in [0, 0.1) is 27.7 Å². The van der Waals surface area contributed by atoms with E-state index < -0.39 is 29.3 Å². The number of phenolic OH excluding ortho intramolecular Hbond substituents is 4. The molecule has 372 valence electrons. The Morgan fingerprint density at radius 3 is 1.13 bits per heavy atom. The third-order valence-corrected chi connectivity index (χ3v) is 13.8. The topological polar surface area (TPSA) is 189 Å². The SMILES string of the molecule is Cc1ccc(O)c(C=NC[C@@H](N=Cc2cc(C)ccc2O)C(=O)Nc2ccc3c(c2)C2(c4ccccc4-3)c3ccccc3-c3ccc(NC(=O)[C@@H](CN=Cc4cc(C)ccc4O)N=Cc4cc(C)ccc4O)cc32)c1. The third kappa shape index (κ3) is 9.81. The molecule has 75 heavy (non-hydrogen) atoms. The molecule has 2 amide bonds. The Bertz CT molecular complexity index is 3450. The minimum Gasteiger partial charge on any atom is -0.507 e. The number of nitrogens with zero attached hydrogens (tertiary/aromatic N) is 4. The van der Waals surface area contributed by atoms with Crippen molar-refractivity contribution in [2.75, 3.05) is 23.7 Å². The zero-order valence-corrected chi connectivity index (χ0v) is 41.8. The van der Waals surface area contributed by atoms with Crippen LogP contribution in [-0.4, -0.2) is 82.3 Å². The number of aromatic hydroxyl groups is 4. The number of amides is 2. The van der Waals surface area contributed by atoms with Crippen LogP contribution in [0.3, 0.4) is 0 Å². The molecule has 0 aromatic heterocycles. The van der Waals surface area contributed by atoms with Gasteiger partial charge in [-0.15, -0.1) is 0 Å². The van der Waals surface area contributed by atoms with Crippen molar-refractivity contribution in [2.45, 2.75) is 45.2 Å². The maximum Gasteiger partial charge on any atom is 0.251 e. The van der Waals surface area contributed by atoms with Crippen molar-refractivity contribution >= 4 is 48.0 Å². The monoisotopic (exact) mass is 990 g/mol. The lowest BCUT2D eigenvalue weighted by molar-refractivity contribution is -0.117. The fourth-order valence-electron chi connectivity index (χ4n) is 10.1. The summed E-state index contributed by atoms with van der Waals surface area (Å²) < 4.78 is 0. The van der Waals surface area contributed by atoms with Crippen molar-refractivity contribution in [1.29, 1.82) is 0 Å². The molecule has 8 aromatic rings. The van der Waals surface area contributed by atoms with Crippen LogP contribution in [0.2, 0.25) is 0 Å². The van der Waals surface area contributed by atoms with E-state index in [0.717, 1.165) is 66.8 Å². The van der Waals surface area contributed by atoms with Crippen LogP contribution in [0.15, 0.2) is 178 Å². The van der Waals surface area contributed by atoms with E-state index in [0.29, 0.717) is 33.6 Å². The molecule has 0 unspecified atom stereocenters. The summed E-state index contributed by atoms with van der Waals surface area (Å²) in [6, 6.07) is 47.1. The molecule has 0 saturated heterocycles. The van der Waals surface area contributed by atoms with Crippen molar-refractivity contribution in [1.82, 2.24) is 0 Å². The molecular weight excluding hydrogens is 937 g/mol. The van der Waals surface area contributed by atoms with Crippen LogP contribution in [0.5, 0.6) is 23.0 Å². The summed E-state index contributed by atoms with van der Waals surface area (Å²) in [7, 11) is 0. The standard InChI is InChI=1S/C63H54N6O6/c1-37-13-21-57(70)41(25-37)31-64-35-55(66-33-43-27-39(3)15-23-59(43)72)61(74)68-45-17-19-49-47-9-5-7-11-51(47)63(53(49)29-45)52-12-8-6-10-48(52)50-20-18-46(30-54(50)63)69-62(75)56(67-34-44-28-40(4)16-24-60(44)73)36-65-32-42-26-38(2)14-22-58(42)71/h5-34,55-56,70-73H,35-36H2,1-4H3,(H,68,74)(H,69,75)/t55-,56-,63?/m1/s1. The molecule has 8 aromatic carbocycles. The van der Waals surface area contributed by atoms with Gasteiger partial charge in [-0.3, -0.25) is 29.6 Å². The lowest BCUT2D eigenvalue weighted by atomic mass is 9.70. The predicted octanol–water partition coefficient (Wildman–Crippen LogP) is 11.2. The van der Waals surface area contributed by atoms with E-state index in [1.54, 1.807) is 72.8 Å². The highest BCUT2D eigenvalue weighted by Gasteiger charge is 2.52. The van der Waals surface area contributed by atoms with Gasteiger partial charge in [-0.25, -0.2) is 0 Å². The number of anilines is 2. The Hall–Kier alpha value is -9.42. The number of hydrogen-bond donors (Lipinski definition) is 6. The molecule has 0 aliphatic heterocycles. The van der Waals surface area contributed by atoms with Gasteiger partial charge in [0, 0.05) is 58.5 Å². The fourth-order valence-corrected chi connectivity index (χ4v) is 10.1. The van der Waals surface area contributed by atoms with Crippen molar-refractivity contribution in [3.63, 3.8) is 0 Å². The van der Waals surface area contributed by atoms with Gasteiger partial charge in [0.2, 0.25) is 0 Å². The van der Waals surface area contributed by atoms with Crippen LogP contribution < -0.4 is 10.6 Å². The highest BCUT2D eigenvalue weighted by atomic mass is 16.3. The summed E-state index contributed by atoms with van der Waals surface area (Å²) in [5.41, 5.74) is 13.8. The second kappa shape index (κ2) is 20.6. The third-order valence-electron chi connectivity index (χ3n) is 13.8. The zero-order chi connectivity index (χ0) is 52.4. The average Bonchev–Trinajstić information content (AvgIpc) is 4.10. The maximum absolute atomic E-state index is 14.5. The molecule has 0 radical (unpaired) electrons. The maximum atomic E-state index is 14.5. The summed E-state index contributed by atoms with van der Waals surface area (Å²) >= 11 is 0. The zero-order valence-electron chi connectivity index (χ0n) is 41.8. The number of carbonyl (C=O) groups excluding carboxylic acids is 2. The fraction of sp³-hybridized carbons (Fsp3) is 0.143. The van der Waals surface area contributed by atoms with E-state index in [1.165, 1.54) is 24.9 Å². The van der Waals surface area contributed by atoms with Crippen LogP contribution in [0.4, 0.5) is 11.4 Å². The Labute approximate surface area is 434 Å². The highest BCUT2D eigenvalue weighted by Crippen LogP contribution is 2.63. The summed E-state index contributed by atoms with van der Waals surface area (Å²) in [5.74, 6) is -0.685. The molecule has 2 aliphatic carbocycles. The minimum atomic E-state index is -1.03. The summed E-state index contributed by atoms with van der Waals surface area (Å²) in [6.07, 6.45) is 6.03. The predicted molar refractivity (Wildman–Crippen MR) is 299 cm³/mol. The number of aliphatic imine (C=N–C) groups is 4. The quantitative estimate of drug-likeness (QED) is 0.0588. The van der Waals surface area contributed by atoms with Gasteiger partial charge < -0.3 is 31.1 Å². The van der Waals surface area contributed by atoms with Crippen molar-refractivity contribution in [3.8, 4) is 45.3 Å². The Morgan fingerprint density at radius 1 is 0.427 bits per heavy atom. The average molecular weight is 991 g/mol. The van der Waals surface area contributed by atoms with E-state index >= 15 is 0 Å². The molecule has 0 bridgehead atoms. The minimum absolute atomic E-state index is 0.0255. The summed E-state index contributed by atoms with van der Waals surface area (Å²) in [6.45, 7) is 7.53. The molecule has 0 heterocycles. The molecule has 2 atom stereocenters. The molecule has 0 saturated carbocycles.